The molecule has 0 bridgehead atoms. The van der Waals surface area contributed by atoms with Crippen LogP contribution in [0.25, 0.3) is 0 Å². The van der Waals surface area contributed by atoms with Crippen molar-refractivity contribution in [2.45, 2.75) is 25.0 Å². The fourth-order valence-electron chi connectivity index (χ4n) is 2.28. The zero-order chi connectivity index (χ0) is 13.9. The lowest BCUT2D eigenvalue weighted by atomic mass is 10.1. The Balaban J connectivity index is 1.89. The summed E-state index contributed by atoms with van der Waals surface area (Å²) in [6, 6.07) is 4.57. The molecule has 1 aliphatic heterocycles. The van der Waals surface area contributed by atoms with Crippen LogP contribution in [0, 0.1) is 12.7 Å². The molecule has 1 fully saturated rings. The Morgan fingerprint density at radius 3 is 2.89 bits per heavy atom. The Hall–Kier alpha value is -0.980. The van der Waals surface area contributed by atoms with Crippen molar-refractivity contribution in [1.82, 2.24) is 10.0 Å². The van der Waals surface area contributed by atoms with Gasteiger partial charge in [-0.1, -0.05) is 6.07 Å². The highest BCUT2D eigenvalue weighted by atomic mass is 32.2. The standard InChI is InChI=1S/C13H19FN2O2S/c1-10-8-12(14)3-2-11(10)4-7-16-19(17,18)13-5-6-15-9-13/h2-3,8,13,15-16H,4-7,9H2,1H3. The van der Waals surface area contributed by atoms with E-state index < -0.39 is 10.0 Å². The van der Waals surface area contributed by atoms with Gasteiger partial charge in [-0.15, -0.1) is 0 Å². The van der Waals surface area contributed by atoms with Crippen LogP contribution in [0.3, 0.4) is 0 Å². The summed E-state index contributed by atoms with van der Waals surface area (Å²) in [5.74, 6) is -0.265. The quantitative estimate of drug-likeness (QED) is 0.847. The Morgan fingerprint density at radius 2 is 2.26 bits per heavy atom. The largest absolute Gasteiger partial charge is 0.315 e. The fourth-order valence-corrected chi connectivity index (χ4v) is 3.67. The van der Waals surface area contributed by atoms with E-state index in [1.807, 2.05) is 6.92 Å². The number of aryl methyl sites for hydroxylation is 1. The minimum Gasteiger partial charge on any atom is -0.315 e. The van der Waals surface area contributed by atoms with Crippen LogP contribution >= 0.6 is 0 Å². The van der Waals surface area contributed by atoms with Gasteiger partial charge in [0.2, 0.25) is 10.0 Å². The summed E-state index contributed by atoms with van der Waals surface area (Å²) in [6.07, 6.45) is 1.23. The van der Waals surface area contributed by atoms with Crippen LogP contribution < -0.4 is 10.0 Å². The van der Waals surface area contributed by atoms with Crippen molar-refractivity contribution >= 4 is 10.0 Å². The lowest BCUT2D eigenvalue weighted by Gasteiger charge is -2.12. The fraction of sp³-hybridized carbons (Fsp3) is 0.538. The predicted octanol–water partition coefficient (Wildman–Crippen LogP) is 0.958. The summed E-state index contributed by atoms with van der Waals surface area (Å²) >= 11 is 0. The second-order valence-electron chi connectivity index (χ2n) is 4.87. The normalized spacial score (nSPS) is 19.8. The molecule has 2 rings (SSSR count). The maximum Gasteiger partial charge on any atom is 0.215 e. The zero-order valence-corrected chi connectivity index (χ0v) is 11.8. The first-order valence-corrected chi connectivity index (χ1v) is 7.98. The minimum absolute atomic E-state index is 0.265. The third-order valence-corrected chi connectivity index (χ3v) is 5.34. The molecule has 1 heterocycles. The van der Waals surface area contributed by atoms with Gasteiger partial charge in [-0.3, -0.25) is 0 Å². The first kappa shape index (κ1) is 14.4. The SMILES string of the molecule is Cc1cc(F)ccc1CCNS(=O)(=O)C1CCNC1. The summed E-state index contributed by atoms with van der Waals surface area (Å²) in [7, 11) is -3.24. The molecule has 0 spiro atoms. The lowest BCUT2D eigenvalue weighted by molar-refractivity contribution is 0.568. The van der Waals surface area contributed by atoms with Crippen molar-refractivity contribution < 1.29 is 12.8 Å². The monoisotopic (exact) mass is 286 g/mol. The van der Waals surface area contributed by atoms with Crippen molar-refractivity contribution in [2.24, 2.45) is 0 Å². The number of hydrogen-bond donors (Lipinski definition) is 2. The molecule has 4 nitrogen and oxygen atoms in total. The van der Waals surface area contributed by atoms with Crippen molar-refractivity contribution in [2.75, 3.05) is 19.6 Å². The van der Waals surface area contributed by atoms with Gasteiger partial charge in [-0.25, -0.2) is 17.5 Å². The van der Waals surface area contributed by atoms with E-state index >= 15 is 0 Å². The van der Waals surface area contributed by atoms with Gasteiger partial charge in [0.25, 0.3) is 0 Å². The molecule has 0 saturated carbocycles. The zero-order valence-electron chi connectivity index (χ0n) is 10.9. The Labute approximate surface area is 113 Å². The maximum atomic E-state index is 12.9. The van der Waals surface area contributed by atoms with Gasteiger partial charge in [-0.05, 0) is 49.6 Å². The average Bonchev–Trinajstić information content (AvgIpc) is 2.86. The van der Waals surface area contributed by atoms with Crippen LogP contribution in [0.4, 0.5) is 4.39 Å². The lowest BCUT2D eigenvalue weighted by Crippen LogP contribution is -2.36. The number of sulfonamides is 1. The number of halogens is 1. The van der Waals surface area contributed by atoms with E-state index in [9.17, 15) is 12.8 Å². The van der Waals surface area contributed by atoms with Crippen LogP contribution in [0.15, 0.2) is 18.2 Å². The van der Waals surface area contributed by atoms with Crippen LogP contribution in [-0.4, -0.2) is 33.3 Å². The first-order valence-electron chi connectivity index (χ1n) is 6.43. The van der Waals surface area contributed by atoms with Gasteiger partial charge in [0.05, 0.1) is 5.25 Å². The maximum absolute atomic E-state index is 12.9. The van der Waals surface area contributed by atoms with E-state index in [1.54, 1.807) is 6.07 Å². The minimum atomic E-state index is -3.24. The highest BCUT2D eigenvalue weighted by Gasteiger charge is 2.27. The predicted molar refractivity (Wildman–Crippen MR) is 73.0 cm³/mol. The Kier molecular flexibility index (Phi) is 4.54. The molecule has 1 aromatic rings. The van der Waals surface area contributed by atoms with Crippen molar-refractivity contribution in [1.29, 1.82) is 0 Å². The molecule has 106 valence electrons. The molecular formula is C13H19FN2O2S. The third kappa shape index (κ3) is 3.75. The van der Waals surface area contributed by atoms with Crippen LogP contribution in [0.5, 0.6) is 0 Å². The smallest absolute Gasteiger partial charge is 0.215 e. The molecule has 2 N–H and O–H groups in total. The van der Waals surface area contributed by atoms with Gasteiger partial charge in [0, 0.05) is 13.1 Å². The van der Waals surface area contributed by atoms with Crippen molar-refractivity contribution in [3.05, 3.63) is 35.1 Å². The number of nitrogens with one attached hydrogen (secondary N) is 2. The van der Waals surface area contributed by atoms with Gasteiger partial charge in [0.1, 0.15) is 5.82 Å². The van der Waals surface area contributed by atoms with E-state index in [1.165, 1.54) is 12.1 Å². The summed E-state index contributed by atoms with van der Waals surface area (Å²) in [6.45, 7) is 3.45. The highest BCUT2D eigenvalue weighted by molar-refractivity contribution is 7.90. The number of hydrogen-bond acceptors (Lipinski definition) is 3. The molecule has 0 aliphatic carbocycles. The molecule has 0 amide bonds. The summed E-state index contributed by atoms with van der Waals surface area (Å²) in [4.78, 5) is 0. The molecular weight excluding hydrogens is 267 g/mol. The van der Waals surface area contributed by atoms with E-state index in [2.05, 4.69) is 10.0 Å². The molecule has 6 heteroatoms. The van der Waals surface area contributed by atoms with Crippen LogP contribution in [0.2, 0.25) is 0 Å². The Morgan fingerprint density at radius 1 is 1.47 bits per heavy atom. The van der Waals surface area contributed by atoms with Gasteiger partial charge in [0.15, 0.2) is 0 Å². The molecule has 1 saturated heterocycles. The summed E-state index contributed by atoms with van der Waals surface area (Å²) in [5.41, 5.74) is 1.82. The van der Waals surface area contributed by atoms with E-state index in [-0.39, 0.29) is 11.1 Å². The van der Waals surface area contributed by atoms with Crippen LogP contribution in [-0.2, 0) is 16.4 Å². The molecule has 0 aromatic heterocycles. The Bertz CT molecular complexity index is 540. The highest BCUT2D eigenvalue weighted by Crippen LogP contribution is 2.11. The topological polar surface area (TPSA) is 58.2 Å². The van der Waals surface area contributed by atoms with E-state index in [0.29, 0.717) is 25.9 Å². The number of benzene rings is 1. The molecule has 1 unspecified atom stereocenters. The molecule has 1 atom stereocenters. The van der Waals surface area contributed by atoms with E-state index in [4.69, 9.17) is 0 Å². The number of rotatable bonds is 5. The van der Waals surface area contributed by atoms with Crippen LogP contribution in [0.1, 0.15) is 17.5 Å². The van der Waals surface area contributed by atoms with E-state index in [0.717, 1.165) is 17.7 Å². The van der Waals surface area contributed by atoms with Gasteiger partial charge < -0.3 is 5.32 Å². The molecule has 1 aromatic carbocycles. The molecule has 19 heavy (non-hydrogen) atoms. The summed E-state index contributed by atoms with van der Waals surface area (Å²) < 4.78 is 39.5. The second-order valence-corrected chi connectivity index (χ2v) is 6.92. The molecule has 1 aliphatic rings. The van der Waals surface area contributed by atoms with Crippen molar-refractivity contribution in [3.8, 4) is 0 Å². The second kappa shape index (κ2) is 5.98. The van der Waals surface area contributed by atoms with Gasteiger partial charge in [-0.2, -0.15) is 0 Å². The molecule has 0 radical (unpaired) electrons. The average molecular weight is 286 g/mol. The first-order chi connectivity index (χ1) is 8.99. The van der Waals surface area contributed by atoms with Gasteiger partial charge >= 0.3 is 0 Å². The summed E-state index contributed by atoms with van der Waals surface area (Å²) in [5, 5.41) is 2.71. The third-order valence-electron chi connectivity index (χ3n) is 3.46. The van der Waals surface area contributed by atoms with Crippen molar-refractivity contribution in [3.63, 3.8) is 0 Å².